The van der Waals surface area contributed by atoms with Gasteiger partial charge in [0.15, 0.2) is 0 Å². The Morgan fingerprint density at radius 2 is 2.00 bits per heavy atom. The molecule has 0 radical (unpaired) electrons. The van der Waals surface area contributed by atoms with E-state index in [-0.39, 0.29) is 11.8 Å². The van der Waals surface area contributed by atoms with Gasteiger partial charge in [-0.05, 0) is 44.4 Å². The fourth-order valence-corrected chi connectivity index (χ4v) is 2.10. The Hall–Kier alpha value is -1.38. The summed E-state index contributed by atoms with van der Waals surface area (Å²) in [5.41, 5.74) is 2.14. The highest BCUT2D eigenvalue weighted by Gasteiger charge is 2.25. The number of carbonyl (C=O) groups is 1. The predicted octanol–water partition coefficient (Wildman–Crippen LogP) is 3.50. The molecule has 17 heavy (non-hydrogen) atoms. The van der Waals surface area contributed by atoms with Crippen molar-refractivity contribution in [2.24, 2.45) is 0 Å². The van der Waals surface area contributed by atoms with Crippen LogP contribution in [0.1, 0.15) is 42.9 Å². The van der Waals surface area contributed by atoms with Gasteiger partial charge in [0, 0.05) is 5.56 Å². The fourth-order valence-electron chi connectivity index (χ4n) is 2.10. The van der Waals surface area contributed by atoms with E-state index in [1.54, 1.807) is 6.92 Å². The maximum Gasteiger partial charge on any atom is 0.313 e. The van der Waals surface area contributed by atoms with Crippen LogP contribution in [0.2, 0.25) is 0 Å². The second kappa shape index (κ2) is 5.80. The van der Waals surface area contributed by atoms with Crippen LogP contribution in [-0.2, 0) is 9.53 Å². The van der Waals surface area contributed by atoms with Gasteiger partial charge in [-0.2, -0.15) is 0 Å². The summed E-state index contributed by atoms with van der Waals surface area (Å²) in [4.78, 5) is 11.8. The van der Waals surface area contributed by atoms with Gasteiger partial charge in [0.1, 0.15) is 5.82 Å². The molecule has 0 bridgehead atoms. The van der Waals surface area contributed by atoms with Crippen LogP contribution in [-0.4, -0.2) is 12.6 Å². The summed E-state index contributed by atoms with van der Waals surface area (Å²) in [6.07, 6.45) is 0.541. The molecule has 0 aliphatic heterocycles. The maximum absolute atomic E-state index is 13.9. The lowest BCUT2D eigenvalue weighted by molar-refractivity contribution is -0.145. The number of aryl methyl sites for hydroxylation is 2. The average Bonchev–Trinajstić information content (AvgIpc) is 2.23. The van der Waals surface area contributed by atoms with E-state index in [1.807, 2.05) is 26.8 Å². The molecule has 0 N–H and O–H groups in total. The van der Waals surface area contributed by atoms with Crippen LogP contribution in [0.25, 0.3) is 0 Å². The largest absolute Gasteiger partial charge is 0.466 e. The molecular formula is C14H19FO2. The molecule has 2 nitrogen and oxygen atoms in total. The van der Waals surface area contributed by atoms with Gasteiger partial charge in [-0.25, -0.2) is 4.39 Å². The van der Waals surface area contributed by atoms with Crippen molar-refractivity contribution in [2.75, 3.05) is 6.61 Å². The zero-order chi connectivity index (χ0) is 13.0. The van der Waals surface area contributed by atoms with E-state index >= 15 is 0 Å². The zero-order valence-electron chi connectivity index (χ0n) is 10.8. The number of esters is 1. The Kier molecular flexibility index (Phi) is 4.67. The average molecular weight is 238 g/mol. The van der Waals surface area contributed by atoms with E-state index in [2.05, 4.69) is 0 Å². The molecule has 0 heterocycles. The highest BCUT2D eigenvalue weighted by Crippen LogP contribution is 2.28. The molecule has 0 amide bonds. The third-order valence-electron chi connectivity index (χ3n) is 2.81. The smallest absolute Gasteiger partial charge is 0.313 e. The Balaban J connectivity index is 3.16. The molecule has 0 aliphatic rings. The van der Waals surface area contributed by atoms with Crippen molar-refractivity contribution >= 4 is 5.97 Å². The van der Waals surface area contributed by atoms with Crippen LogP contribution in [0.3, 0.4) is 0 Å². The maximum atomic E-state index is 13.9. The molecule has 1 rings (SSSR count). The van der Waals surface area contributed by atoms with Gasteiger partial charge in [-0.1, -0.05) is 13.0 Å². The quantitative estimate of drug-likeness (QED) is 0.750. The number of benzene rings is 1. The second-order valence-electron chi connectivity index (χ2n) is 4.19. The summed E-state index contributed by atoms with van der Waals surface area (Å²) in [5.74, 6) is -1.17. The van der Waals surface area contributed by atoms with Crippen LogP contribution in [0.5, 0.6) is 0 Å². The second-order valence-corrected chi connectivity index (χ2v) is 4.19. The van der Waals surface area contributed by atoms with E-state index in [1.165, 1.54) is 6.07 Å². The zero-order valence-corrected chi connectivity index (χ0v) is 10.8. The Labute approximate surface area is 102 Å². The number of ether oxygens (including phenoxy) is 1. The van der Waals surface area contributed by atoms with Gasteiger partial charge < -0.3 is 4.74 Å². The normalized spacial score (nSPS) is 12.3. The Bertz CT molecular complexity index is 390. The number of carbonyl (C=O) groups excluding carboxylic acids is 1. The molecule has 0 aromatic heterocycles. The number of hydrogen-bond acceptors (Lipinski definition) is 2. The standard InChI is InChI=1S/C14H19FO2/c1-5-11(14(16)17-6-2)13-10(4)7-9(3)8-12(13)15/h7-8,11H,5-6H2,1-4H3. The van der Waals surface area contributed by atoms with Crippen molar-refractivity contribution in [3.05, 3.63) is 34.6 Å². The number of hydrogen-bond donors (Lipinski definition) is 0. The summed E-state index contributed by atoms with van der Waals surface area (Å²) in [6, 6.07) is 3.35. The molecule has 0 saturated heterocycles. The lowest BCUT2D eigenvalue weighted by Gasteiger charge is -2.17. The van der Waals surface area contributed by atoms with Crippen molar-refractivity contribution in [2.45, 2.75) is 40.0 Å². The summed E-state index contributed by atoms with van der Waals surface area (Å²) in [6.45, 7) is 7.60. The topological polar surface area (TPSA) is 26.3 Å². The van der Waals surface area contributed by atoms with Gasteiger partial charge in [-0.3, -0.25) is 4.79 Å². The number of halogens is 1. The van der Waals surface area contributed by atoms with E-state index < -0.39 is 5.92 Å². The van der Waals surface area contributed by atoms with E-state index in [0.717, 1.165) is 11.1 Å². The highest BCUT2D eigenvalue weighted by molar-refractivity contribution is 5.78. The highest BCUT2D eigenvalue weighted by atomic mass is 19.1. The van der Waals surface area contributed by atoms with E-state index in [4.69, 9.17) is 4.74 Å². The fraction of sp³-hybridized carbons (Fsp3) is 0.500. The summed E-state index contributed by atoms with van der Waals surface area (Å²) in [7, 11) is 0. The third-order valence-corrected chi connectivity index (χ3v) is 2.81. The molecule has 1 atom stereocenters. The Morgan fingerprint density at radius 1 is 1.35 bits per heavy atom. The minimum Gasteiger partial charge on any atom is -0.466 e. The van der Waals surface area contributed by atoms with Gasteiger partial charge in [0.25, 0.3) is 0 Å². The third kappa shape index (κ3) is 3.05. The van der Waals surface area contributed by atoms with Crippen molar-refractivity contribution in [1.29, 1.82) is 0 Å². The molecule has 1 unspecified atom stereocenters. The van der Waals surface area contributed by atoms with Crippen molar-refractivity contribution < 1.29 is 13.9 Å². The summed E-state index contributed by atoms with van der Waals surface area (Å²) < 4.78 is 18.9. The van der Waals surface area contributed by atoms with Gasteiger partial charge in [0.2, 0.25) is 0 Å². The van der Waals surface area contributed by atoms with Crippen LogP contribution >= 0.6 is 0 Å². The minimum atomic E-state index is -0.504. The lowest BCUT2D eigenvalue weighted by atomic mass is 9.91. The molecule has 1 aromatic rings. The molecule has 94 valence electrons. The van der Waals surface area contributed by atoms with Gasteiger partial charge >= 0.3 is 5.97 Å². The monoisotopic (exact) mass is 238 g/mol. The van der Waals surface area contributed by atoms with Crippen LogP contribution in [0, 0.1) is 19.7 Å². The van der Waals surface area contributed by atoms with Crippen LogP contribution in [0.4, 0.5) is 4.39 Å². The van der Waals surface area contributed by atoms with Crippen LogP contribution in [0.15, 0.2) is 12.1 Å². The molecule has 0 spiro atoms. The van der Waals surface area contributed by atoms with Crippen molar-refractivity contribution in [3.8, 4) is 0 Å². The predicted molar refractivity (Wildman–Crippen MR) is 65.5 cm³/mol. The first-order valence-corrected chi connectivity index (χ1v) is 5.94. The van der Waals surface area contributed by atoms with E-state index in [9.17, 15) is 9.18 Å². The molecule has 0 saturated carbocycles. The summed E-state index contributed by atoms with van der Waals surface area (Å²) >= 11 is 0. The lowest BCUT2D eigenvalue weighted by Crippen LogP contribution is -2.17. The van der Waals surface area contributed by atoms with Gasteiger partial charge in [0.05, 0.1) is 12.5 Å². The first kappa shape index (κ1) is 13.7. The van der Waals surface area contributed by atoms with E-state index in [0.29, 0.717) is 18.6 Å². The summed E-state index contributed by atoms with van der Waals surface area (Å²) in [5, 5.41) is 0. The molecule has 0 fully saturated rings. The Morgan fingerprint density at radius 3 is 2.47 bits per heavy atom. The first-order chi connectivity index (χ1) is 8.01. The SMILES string of the molecule is CCOC(=O)C(CC)c1c(C)cc(C)cc1F. The van der Waals surface area contributed by atoms with Crippen molar-refractivity contribution in [3.63, 3.8) is 0 Å². The van der Waals surface area contributed by atoms with Crippen molar-refractivity contribution in [1.82, 2.24) is 0 Å². The molecule has 1 aromatic carbocycles. The van der Waals surface area contributed by atoms with Crippen LogP contribution < -0.4 is 0 Å². The first-order valence-electron chi connectivity index (χ1n) is 5.94. The minimum absolute atomic E-state index is 0.317. The van der Waals surface area contributed by atoms with Gasteiger partial charge in [-0.15, -0.1) is 0 Å². The molecule has 3 heteroatoms. The number of rotatable bonds is 4. The molecular weight excluding hydrogens is 219 g/mol. The molecule has 0 aliphatic carbocycles.